The zero-order valence-corrected chi connectivity index (χ0v) is 11.8. The maximum absolute atomic E-state index is 3.31. The zero-order chi connectivity index (χ0) is 12.1. The van der Waals surface area contributed by atoms with Crippen LogP contribution in [-0.4, -0.2) is 38.1 Å². The van der Waals surface area contributed by atoms with Crippen LogP contribution in [0.2, 0.25) is 0 Å². The van der Waals surface area contributed by atoms with Crippen LogP contribution in [0.5, 0.6) is 0 Å². The van der Waals surface area contributed by atoms with Gasteiger partial charge in [-0.25, -0.2) is 0 Å². The fourth-order valence-electron chi connectivity index (χ4n) is 3.55. The molecule has 1 atom stereocenters. The van der Waals surface area contributed by atoms with Crippen LogP contribution in [-0.2, 0) is 0 Å². The first-order valence-corrected chi connectivity index (χ1v) is 7.65. The van der Waals surface area contributed by atoms with Gasteiger partial charge in [-0.2, -0.15) is 0 Å². The quantitative estimate of drug-likeness (QED) is 0.792. The van der Waals surface area contributed by atoms with Gasteiger partial charge in [-0.1, -0.05) is 32.6 Å². The molecule has 1 aliphatic carbocycles. The number of likely N-dealkylation sites (tertiary alicyclic amines) is 1. The number of nitrogens with zero attached hydrogens (tertiary/aromatic N) is 1. The number of nitrogens with one attached hydrogen (secondary N) is 1. The molecule has 0 bridgehead atoms. The first-order valence-electron chi connectivity index (χ1n) is 7.65. The van der Waals surface area contributed by atoms with Crippen molar-refractivity contribution in [3.63, 3.8) is 0 Å². The Balaban J connectivity index is 1.59. The van der Waals surface area contributed by atoms with E-state index in [0.29, 0.717) is 0 Å². The third kappa shape index (κ3) is 4.26. The summed E-state index contributed by atoms with van der Waals surface area (Å²) in [4.78, 5) is 2.69. The van der Waals surface area contributed by atoms with Gasteiger partial charge in [-0.15, -0.1) is 0 Å². The van der Waals surface area contributed by atoms with Crippen LogP contribution in [0, 0.1) is 17.8 Å². The van der Waals surface area contributed by atoms with Gasteiger partial charge in [0.25, 0.3) is 0 Å². The van der Waals surface area contributed by atoms with Gasteiger partial charge < -0.3 is 10.2 Å². The number of hydrogen-bond acceptors (Lipinski definition) is 2. The summed E-state index contributed by atoms with van der Waals surface area (Å²) >= 11 is 0. The average molecular weight is 238 g/mol. The van der Waals surface area contributed by atoms with Crippen LogP contribution in [0.4, 0.5) is 0 Å². The Labute approximate surface area is 107 Å². The lowest BCUT2D eigenvalue weighted by Crippen LogP contribution is -2.27. The summed E-state index contributed by atoms with van der Waals surface area (Å²) in [6.45, 7) is 7.66. The Kier molecular flexibility index (Phi) is 5.30. The molecule has 1 N–H and O–H groups in total. The normalized spacial score (nSPS) is 35.3. The van der Waals surface area contributed by atoms with E-state index >= 15 is 0 Å². The SMILES string of the molecule is CNCC1CCN(CCC2CCC(C)CC2)C1. The standard InChI is InChI=1S/C15H30N2/c1-13-3-5-14(6-4-13)7-9-17-10-8-15(12-17)11-16-2/h13-16H,3-12H2,1-2H3. The molecule has 100 valence electrons. The van der Waals surface area contributed by atoms with Crippen molar-refractivity contribution in [2.24, 2.45) is 17.8 Å². The first-order chi connectivity index (χ1) is 8.28. The molecule has 1 unspecified atom stereocenters. The highest BCUT2D eigenvalue weighted by Crippen LogP contribution is 2.30. The molecule has 0 spiro atoms. The van der Waals surface area contributed by atoms with Crippen LogP contribution in [0.15, 0.2) is 0 Å². The Bertz CT molecular complexity index is 209. The van der Waals surface area contributed by atoms with Crippen molar-refractivity contribution in [3.05, 3.63) is 0 Å². The minimum Gasteiger partial charge on any atom is -0.319 e. The molecule has 2 aliphatic rings. The molecule has 0 aromatic carbocycles. The van der Waals surface area contributed by atoms with Crippen LogP contribution >= 0.6 is 0 Å². The van der Waals surface area contributed by atoms with Gasteiger partial charge in [-0.3, -0.25) is 0 Å². The third-order valence-corrected chi connectivity index (χ3v) is 4.85. The molecule has 1 saturated carbocycles. The lowest BCUT2D eigenvalue weighted by Gasteiger charge is -2.27. The minimum atomic E-state index is 0.909. The predicted octanol–water partition coefficient (Wildman–Crippen LogP) is 2.74. The van der Waals surface area contributed by atoms with Crippen molar-refractivity contribution in [2.75, 3.05) is 33.2 Å². The van der Waals surface area contributed by atoms with E-state index in [1.165, 1.54) is 64.7 Å². The van der Waals surface area contributed by atoms with Crippen LogP contribution < -0.4 is 5.32 Å². The number of hydrogen-bond donors (Lipinski definition) is 1. The second-order valence-corrected chi connectivity index (χ2v) is 6.43. The third-order valence-electron chi connectivity index (χ3n) is 4.85. The molecule has 2 nitrogen and oxygen atoms in total. The molecule has 1 aliphatic heterocycles. The van der Waals surface area contributed by atoms with Gasteiger partial charge in [0.2, 0.25) is 0 Å². The molecule has 1 saturated heterocycles. The number of rotatable bonds is 5. The molecule has 1 heterocycles. The van der Waals surface area contributed by atoms with Crippen molar-refractivity contribution < 1.29 is 0 Å². The minimum absolute atomic E-state index is 0.909. The summed E-state index contributed by atoms with van der Waals surface area (Å²) in [5.74, 6) is 2.94. The van der Waals surface area contributed by atoms with E-state index in [4.69, 9.17) is 0 Å². The Morgan fingerprint density at radius 2 is 1.82 bits per heavy atom. The molecule has 2 fully saturated rings. The summed E-state index contributed by atoms with van der Waals surface area (Å²) in [7, 11) is 2.08. The van der Waals surface area contributed by atoms with Crippen LogP contribution in [0.3, 0.4) is 0 Å². The molecule has 0 aromatic heterocycles. The summed E-state index contributed by atoms with van der Waals surface area (Å²) in [5, 5.41) is 3.31. The maximum Gasteiger partial charge on any atom is 0.00223 e. The summed E-state index contributed by atoms with van der Waals surface area (Å²) in [5.41, 5.74) is 0. The fourth-order valence-corrected chi connectivity index (χ4v) is 3.55. The van der Waals surface area contributed by atoms with Gasteiger partial charge in [0.05, 0.1) is 0 Å². The summed E-state index contributed by atoms with van der Waals surface area (Å²) < 4.78 is 0. The molecule has 0 radical (unpaired) electrons. The van der Waals surface area contributed by atoms with Gasteiger partial charge in [0.15, 0.2) is 0 Å². The fraction of sp³-hybridized carbons (Fsp3) is 1.00. The lowest BCUT2D eigenvalue weighted by molar-refractivity contribution is 0.234. The van der Waals surface area contributed by atoms with Gasteiger partial charge in [0, 0.05) is 6.54 Å². The van der Waals surface area contributed by atoms with Crippen molar-refractivity contribution in [2.45, 2.75) is 45.4 Å². The van der Waals surface area contributed by atoms with E-state index in [-0.39, 0.29) is 0 Å². The molecule has 0 amide bonds. The van der Waals surface area contributed by atoms with Crippen molar-refractivity contribution in [1.82, 2.24) is 10.2 Å². The highest BCUT2D eigenvalue weighted by Gasteiger charge is 2.23. The summed E-state index contributed by atoms with van der Waals surface area (Å²) in [6.07, 6.45) is 8.81. The largest absolute Gasteiger partial charge is 0.319 e. The summed E-state index contributed by atoms with van der Waals surface area (Å²) in [6, 6.07) is 0. The monoisotopic (exact) mass is 238 g/mol. The van der Waals surface area contributed by atoms with E-state index in [1.54, 1.807) is 0 Å². The lowest BCUT2D eigenvalue weighted by atomic mass is 9.81. The highest BCUT2D eigenvalue weighted by atomic mass is 15.1. The molecule has 2 heteroatoms. The Hall–Kier alpha value is -0.0800. The van der Waals surface area contributed by atoms with Gasteiger partial charge >= 0.3 is 0 Å². The molecule has 2 rings (SSSR count). The smallest absolute Gasteiger partial charge is 0.00223 e. The van der Waals surface area contributed by atoms with E-state index in [0.717, 1.165) is 17.8 Å². The molecule has 0 aromatic rings. The molecular formula is C15H30N2. The van der Waals surface area contributed by atoms with Crippen molar-refractivity contribution in [3.8, 4) is 0 Å². The van der Waals surface area contributed by atoms with Gasteiger partial charge in [-0.05, 0) is 57.3 Å². The van der Waals surface area contributed by atoms with Crippen LogP contribution in [0.1, 0.15) is 45.4 Å². The van der Waals surface area contributed by atoms with E-state index in [9.17, 15) is 0 Å². The van der Waals surface area contributed by atoms with E-state index in [2.05, 4.69) is 24.2 Å². The molecular weight excluding hydrogens is 208 g/mol. The second kappa shape index (κ2) is 6.75. The topological polar surface area (TPSA) is 15.3 Å². The first kappa shape index (κ1) is 13.4. The van der Waals surface area contributed by atoms with E-state index < -0.39 is 0 Å². The van der Waals surface area contributed by atoms with E-state index in [1.807, 2.05) is 0 Å². The predicted molar refractivity (Wildman–Crippen MR) is 74.2 cm³/mol. The Morgan fingerprint density at radius 3 is 2.53 bits per heavy atom. The molecule has 17 heavy (non-hydrogen) atoms. The zero-order valence-electron chi connectivity index (χ0n) is 11.8. The second-order valence-electron chi connectivity index (χ2n) is 6.43. The maximum atomic E-state index is 3.31. The van der Waals surface area contributed by atoms with Gasteiger partial charge in [0.1, 0.15) is 0 Å². The van der Waals surface area contributed by atoms with Crippen molar-refractivity contribution >= 4 is 0 Å². The average Bonchev–Trinajstić information content (AvgIpc) is 2.77. The van der Waals surface area contributed by atoms with Crippen LogP contribution in [0.25, 0.3) is 0 Å². The Morgan fingerprint density at radius 1 is 1.06 bits per heavy atom. The highest BCUT2D eigenvalue weighted by molar-refractivity contribution is 4.78. The van der Waals surface area contributed by atoms with Crippen molar-refractivity contribution in [1.29, 1.82) is 0 Å².